The molecule has 0 bridgehead atoms. The number of benzene rings is 1. The minimum absolute atomic E-state index is 0.352. The molecule has 1 unspecified atom stereocenters. The van der Waals surface area contributed by atoms with Crippen molar-refractivity contribution in [3.8, 4) is 0 Å². The molecule has 0 aliphatic heterocycles. The summed E-state index contributed by atoms with van der Waals surface area (Å²) in [5.41, 5.74) is 0.292. The lowest BCUT2D eigenvalue weighted by molar-refractivity contribution is -0.160. The highest BCUT2D eigenvalue weighted by atomic mass is 16.5. The first-order valence-corrected chi connectivity index (χ1v) is 6.50. The van der Waals surface area contributed by atoms with Crippen molar-refractivity contribution < 1.29 is 14.3 Å². The van der Waals surface area contributed by atoms with Gasteiger partial charge in [-0.1, -0.05) is 36.4 Å². The standard InChI is InChI=1S/C16H21NO3/c1-16(2,3)15(19)20-13(14(18)17-4)11-10-12-8-6-5-7-9-12/h5-11,13H,1-4H3,(H,17,18)/b11-10+. The molecule has 108 valence electrons. The third-order valence-corrected chi connectivity index (χ3v) is 2.61. The van der Waals surface area contributed by atoms with E-state index in [4.69, 9.17) is 4.74 Å². The molecule has 4 heteroatoms. The summed E-state index contributed by atoms with van der Waals surface area (Å²) in [6.07, 6.45) is 2.42. The average Bonchev–Trinajstić information content (AvgIpc) is 2.42. The second-order valence-corrected chi connectivity index (χ2v) is 5.46. The molecule has 0 fully saturated rings. The molecule has 20 heavy (non-hydrogen) atoms. The van der Waals surface area contributed by atoms with Crippen molar-refractivity contribution in [1.82, 2.24) is 5.32 Å². The van der Waals surface area contributed by atoms with Crippen LogP contribution in [0.5, 0.6) is 0 Å². The van der Waals surface area contributed by atoms with Crippen LogP contribution in [0.2, 0.25) is 0 Å². The van der Waals surface area contributed by atoms with E-state index < -0.39 is 17.5 Å². The normalized spacial score (nSPS) is 13.0. The van der Waals surface area contributed by atoms with Gasteiger partial charge in [0.1, 0.15) is 0 Å². The van der Waals surface area contributed by atoms with Gasteiger partial charge in [0.25, 0.3) is 5.91 Å². The summed E-state index contributed by atoms with van der Waals surface area (Å²) >= 11 is 0. The summed E-state index contributed by atoms with van der Waals surface area (Å²) in [4.78, 5) is 23.6. The van der Waals surface area contributed by atoms with Crippen molar-refractivity contribution in [2.24, 2.45) is 5.41 Å². The van der Waals surface area contributed by atoms with Gasteiger partial charge in [-0.3, -0.25) is 9.59 Å². The Morgan fingerprint density at radius 2 is 1.80 bits per heavy atom. The number of hydrogen-bond donors (Lipinski definition) is 1. The third kappa shape index (κ3) is 4.88. The van der Waals surface area contributed by atoms with Crippen LogP contribution in [0.3, 0.4) is 0 Å². The van der Waals surface area contributed by atoms with E-state index in [0.29, 0.717) is 0 Å². The molecule has 0 radical (unpaired) electrons. The molecule has 0 saturated carbocycles. The molecule has 0 aliphatic carbocycles. The van der Waals surface area contributed by atoms with Gasteiger partial charge in [-0.25, -0.2) is 0 Å². The zero-order valence-electron chi connectivity index (χ0n) is 12.3. The second kappa shape index (κ2) is 6.89. The lowest BCUT2D eigenvalue weighted by Gasteiger charge is -2.20. The maximum Gasteiger partial charge on any atom is 0.312 e. The minimum Gasteiger partial charge on any atom is -0.448 e. The first-order valence-electron chi connectivity index (χ1n) is 6.50. The quantitative estimate of drug-likeness (QED) is 0.858. The van der Waals surface area contributed by atoms with Crippen molar-refractivity contribution in [1.29, 1.82) is 0 Å². The van der Waals surface area contributed by atoms with Crippen LogP contribution < -0.4 is 5.32 Å². The van der Waals surface area contributed by atoms with Gasteiger partial charge in [0, 0.05) is 7.05 Å². The van der Waals surface area contributed by atoms with Crippen molar-refractivity contribution >= 4 is 18.0 Å². The number of likely N-dealkylation sites (N-methyl/N-ethyl adjacent to an activating group) is 1. The van der Waals surface area contributed by atoms with Crippen LogP contribution in [-0.2, 0) is 14.3 Å². The van der Waals surface area contributed by atoms with Crippen LogP contribution >= 0.6 is 0 Å². The van der Waals surface area contributed by atoms with Crippen molar-refractivity contribution in [2.75, 3.05) is 7.05 Å². The van der Waals surface area contributed by atoms with E-state index in [0.717, 1.165) is 5.56 Å². The van der Waals surface area contributed by atoms with E-state index >= 15 is 0 Å². The van der Waals surface area contributed by atoms with Crippen LogP contribution in [0.1, 0.15) is 26.3 Å². The zero-order valence-corrected chi connectivity index (χ0v) is 12.3. The van der Waals surface area contributed by atoms with Crippen LogP contribution in [0.4, 0.5) is 0 Å². The fraction of sp³-hybridized carbons (Fsp3) is 0.375. The average molecular weight is 275 g/mol. The van der Waals surface area contributed by atoms with Crippen molar-refractivity contribution in [2.45, 2.75) is 26.9 Å². The molecule has 1 atom stereocenters. The molecule has 1 amide bonds. The van der Waals surface area contributed by atoms with Gasteiger partial charge >= 0.3 is 5.97 Å². The molecule has 1 N–H and O–H groups in total. The lowest BCUT2D eigenvalue weighted by Crippen LogP contribution is -2.37. The Kier molecular flexibility index (Phi) is 5.50. The van der Waals surface area contributed by atoms with E-state index in [9.17, 15) is 9.59 Å². The number of nitrogens with one attached hydrogen (secondary N) is 1. The van der Waals surface area contributed by atoms with Crippen LogP contribution in [-0.4, -0.2) is 25.0 Å². The number of rotatable bonds is 4. The Hall–Kier alpha value is -2.10. The topological polar surface area (TPSA) is 55.4 Å². The molecule has 0 saturated heterocycles. The Morgan fingerprint density at radius 3 is 2.30 bits per heavy atom. The highest BCUT2D eigenvalue weighted by Gasteiger charge is 2.28. The first kappa shape index (κ1) is 16.0. The Balaban J connectivity index is 2.83. The first-order chi connectivity index (χ1) is 9.34. The summed E-state index contributed by atoms with van der Waals surface area (Å²) in [6.45, 7) is 5.24. The number of carbonyl (C=O) groups is 2. The highest BCUT2D eigenvalue weighted by molar-refractivity contribution is 5.87. The number of esters is 1. The smallest absolute Gasteiger partial charge is 0.312 e. The fourth-order valence-electron chi connectivity index (χ4n) is 1.38. The van der Waals surface area contributed by atoms with E-state index in [-0.39, 0.29) is 5.91 Å². The van der Waals surface area contributed by atoms with Gasteiger partial charge < -0.3 is 10.1 Å². The van der Waals surface area contributed by atoms with Gasteiger partial charge in [0.05, 0.1) is 5.41 Å². The van der Waals surface area contributed by atoms with Gasteiger partial charge in [-0.15, -0.1) is 0 Å². The summed E-state index contributed by atoms with van der Waals surface area (Å²) in [5.74, 6) is -0.765. The largest absolute Gasteiger partial charge is 0.448 e. The fourth-order valence-corrected chi connectivity index (χ4v) is 1.38. The number of ether oxygens (including phenoxy) is 1. The predicted octanol–water partition coefficient (Wildman–Crippen LogP) is 2.40. The van der Waals surface area contributed by atoms with Crippen LogP contribution in [0, 0.1) is 5.41 Å². The maximum absolute atomic E-state index is 11.9. The van der Waals surface area contributed by atoms with Crippen LogP contribution in [0.15, 0.2) is 36.4 Å². The third-order valence-electron chi connectivity index (χ3n) is 2.61. The Morgan fingerprint density at radius 1 is 1.20 bits per heavy atom. The van der Waals surface area contributed by atoms with Crippen molar-refractivity contribution in [3.05, 3.63) is 42.0 Å². The molecule has 1 aromatic carbocycles. The lowest BCUT2D eigenvalue weighted by atomic mass is 9.97. The molecule has 0 aromatic heterocycles. The maximum atomic E-state index is 11.9. The summed E-state index contributed by atoms with van der Waals surface area (Å²) in [6, 6.07) is 9.52. The molecule has 1 aromatic rings. The molecular formula is C16H21NO3. The van der Waals surface area contributed by atoms with E-state index in [1.54, 1.807) is 32.9 Å². The Bertz CT molecular complexity index is 486. The summed E-state index contributed by atoms with van der Waals surface area (Å²) in [5, 5.41) is 2.49. The molecule has 4 nitrogen and oxygen atoms in total. The number of carbonyl (C=O) groups excluding carboxylic acids is 2. The van der Waals surface area contributed by atoms with E-state index in [1.807, 2.05) is 30.3 Å². The highest BCUT2D eigenvalue weighted by Crippen LogP contribution is 2.17. The van der Waals surface area contributed by atoms with Crippen LogP contribution in [0.25, 0.3) is 6.08 Å². The monoisotopic (exact) mass is 275 g/mol. The Labute approximate surface area is 119 Å². The van der Waals surface area contributed by atoms with Gasteiger partial charge in [-0.05, 0) is 32.4 Å². The van der Waals surface area contributed by atoms with Gasteiger partial charge in [-0.2, -0.15) is 0 Å². The minimum atomic E-state index is -0.924. The van der Waals surface area contributed by atoms with Gasteiger partial charge in [0.15, 0.2) is 6.10 Å². The van der Waals surface area contributed by atoms with Gasteiger partial charge in [0.2, 0.25) is 0 Å². The molecule has 0 spiro atoms. The molecule has 0 aliphatic rings. The molecular weight excluding hydrogens is 254 g/mol. The number of amides is 1. The van der Waals surface area contributed by atoms with Crippen molar-refractivity contribution in [3.63, 3.8) is 0 Å². The predicted molar refractivity (Wildman–Crippen MR) is 78.9 cm³/mol. The SMILES string of the molecule is CNC(=O)C(/C=C/c1ccccc1)OC(=O)C(C)(C)C. The van der Waals surface area contributed by atoms with E-state index in [1.165, 1.54) is 7.05 Å². The zero-order chi connectivity index (χ0) is 15.2. The molecule has 0 heterocycles. The number of hydrogen-bond acceptors (Lipinski definition) is 3. The summed E-state index contributed by atoms with van der Waals surface area (Å²) in [7, 11) is 1.51. The second-order valence-electron chi connectivity index (χ2n) is 5.46. The van der Waals surface area contributed by atoms with E-state index in [2.05, 4.69) is 5.32 Å². The molecule has 1 rings (SSSR count). The summed E-state index contributed by atoms with van der Waals surface area (Å²) < 4.78 is 5.25.